The van der Waals surface area contributed by atoms with Crippen LogP contribution in [0.25, 0.3) is 6.08 Å². The highest BCUT2D eigenvalue weighted by Gasteiger charge is 2.32. The summed E-state index contributed by atoms with van der Waals surface area (Å²) in [6.45, 7) is 1.50. The average Bonchev–Trinajstić information content (AvgIpc) is 2.80. The van der Waals surface area contributed by atoms with Gasteiger partial charge in [-0.1, -0.05) is 54.3 Å². The van der Waals surface area contributed by atoms with E-state index < -0.39 is 17.9 Å². The summed E-state index contributed by atoms with van der Waals surface area (Å²) in [5, 5.41) is 11.1. The molecule has 126 valence electrons. The molecule has 0 bridgehead atoms. The summed E-state index contributed by atoms with van der Waals surface area (Å²) in [6.07, 6.45) is 1.74. The van der Waals surface area contributed by atoms with Crippen molar-refractivity contribution in [1.82, 2.24) is 10.2 Å². The van der Waals surface area contributed by atoms with Crippen molar-refractivity contribution in [2.75, 3.05) is 6.54 Å². The molecule has 2 N–H and O–H groups in total. The van der Waals surface area contributed by atoms with E-state index in [0.717, 1.165) is 5.56 Å². The standard InChI is InChI=1S/C16H16N2O4S2/c1-10(15(21)22)17-13(19)7-8-18-14(20)12(24-16(18)23)9-11-5-3-2-4-6-11/h2-6,9-10H,7-8H2,1H3,(H,17,19)(H,21,22)/b12-9+/t10-/m0/s1. The zero-order valence-electron chi connectivity index (χ0n) is 12.9. The minimum absolute atomic E-state index is 0.0112. The second kappa shape index (κ2) is 8.07. The maximum atomic E-state index is 12.4. The Morgan fingerprint density at radius 2 is 2.04 bits per heavy atom. The Labute approximate surface area is 148 Å². The Morgan fingerprint density at radius 3 is 2.67 bits per heavy atom. The summed E-state index contributed by atoms with van der Waals surface area (Å²) in [4.78, 5) is 36.7. The topological polar surface area (TPSA) is 86.7 Å². The molecule has 1 aliphatic heterocycles. The maximum Gasteiger partial charge on any atom is 0.325 e. The second-order valence-corrected chi connectivity index (χ2v) is 6.80. The largest absolute Gasteiger partial charge is 0.480 e. The number of carboxylic acids is 1. The maximum absolute atomic E-state index is 12.4. The van der Waals surface area contributed by atoms with Crippen LogP contribution in [0.2, 0.25) is 0 Å². The molecule has 8 heteroatoms. The highest BCUT2D eigenvalue weighted by Crippen LogP contribution is 2.32. The van der Waals surface area contributed by atoms with Gasteiger partial charge in [-0.3, -0.25) is 19.3 Å². The van der Waals surface area contributed by atoms with Gasteiger partial charge >= 0.3 is 5.97 Å². The molecule has 6 nitrogen and oxygen atoms in total. The lowest BCUT2D eigenvalue weighted by Crippen LogP contribution is -2.40. The van der Waals surface area contributed by atoms with Crippen molar-refractivity contribution in [3.63, 3.8) is 0 Å². The Morgan fingerprint density at radius 1 is 1.38 bits per heavy atom. The van der Waals surface area contributed by atoms with Crippen molar-refractivity contribution >= 4 is 52.2 Å². The number of amides is 2. The number of thiocarbonyl (C=S) groups is 1. The predicted octanol–water partition coefficient (Wildman–Crippen LogP) is 1.87. The van der Waals surface area contributed by atoms with Crippen molar-refractivity contribution in [1.29, 1.82) is 0 Å². The first-order chi connectivity index (χ1) is 11.4. The summed E-state index contributed by atoms with van der Waals surface area (Å²) in [5.41, 5.74) is 0.894. The van der Waals surface area contributed by atoms with E-state index in [-0.39, 0.29) is 18.9 Å². The molecule has 2 rings (SSSR count). The minimum Gasteiger partial charge on any atom is -0.480 e. The lowest BCUT2D eigenvalue weighted by molar-refractivity contribution is -0.141. The number of thioether (sulfide) groups is 1. The highest BCUT2D eigenvalue weighted by atomic mass is 32.2. The van der Waals surface area contributed by atoms with Crippen LogP contribution >= 0.6 is 24.0 Å². The first kappa shape index (κ1) is 18.2. The molecule has 0 aliphatic carbocycles. The number of benzene rings is 1. The number of carbonyl (C=O) groups is 3. The van der Waals surface area contributed by atoms with Gasteiger partial charge in [-0.15, -0.1) is 0 Å². The van der Waals surface area contributed by atoms with Gasteiger partial charge in [0, 0.05) is 13.0 Å². The molecule has 0 radical (unpaired) electrons. The van der Waals surface area contributed by atoms with Gasteiger partial charge in [-0.2, -0.15) is 0 Å². The van der Waals surface area contributed by atoms with E-state index in [9.17, 15) is 14.4 Å². The van der Waals surface area contributed by atoms with Crippen LogP contribution < -0.4 is 5.32 Å². The van der Waals surface area contributed by atoms with Crippen LogP contribution in [0.5, 0.6) is 0 Å². The molecule has 1 aromatic rings. The van der Waals surface area contributed by atoms with Gasteiger partial charge in [0.2, 0.25) is 5.91 Å². The lowest BCUT2D eigenvalue weighted by Gasteiger charge is -2.15. The van der Waals surface area contributed by atoms with Crippen LogP contribution in [0, 0.1) is 0 Å². The van der Waals surface area contributed by atoms with E-state index in [0.29, 0.717) is 9.23 Å². The van der Waals surface area contributed by atoms with Crippen molar-refractivity contribution in [3.05, 3.63) is 40.8 Å². The normalized spacial score (nSPS) is 17.2. The van der Waals surface area contributed by atoms with Crippen LogP contribution in [-0.4, -0.2) is 44.7 Å². The average molecular weight is 364 g/mol. The van der Waals surface area contributed by atoms with E-state index in [4.69, 9.17) is 17.3 Å². The fraction of sp³-hybridized carbons (Fsp3) is 0.250. The number of nitrogens with one attached hydrogen (secondary N) is 1. The molecule has 24 heavy (non-hydrogen) atoms. The van der Waals surface area contributed by atoms with E-state index in [1.807, 2.05) is 30.3 Å². The number of hydrogen-bond acceptors (Lipinski definition) is 5. The minimum atomic E-state index is -1.11. The van der Waals surface area contributed by atoms with Crippen LogP contribution in [-0.2, 0) is 14.4 Å². The summed E-state index contributed by atoms with van der Waals surface area (Å²) < 4.78 is 0.390. The van der Waals surface area contributed by atoms with Gasteiger partial charge in [-0.25, -0.2) is 0 Å². The Hall–Kier alpha value is -2.19. The molecule has 1 heterocycles. The molecule has 0 unspecified atom stereocenters. The quantitative estimate of drug-likeness (QED) is 0.592. The van der Waals surface area contributed by atoms with Crippen molar-refractivity contribution < 1.29 is 19.5 Å². The number of aliphatic carboxylic acids is 1. The first-order valence-corrected chi connectivity index (χ1v) is 8.43. The van der Waals surface area contributed by atoms with E-state index >= 15 is 0 Å². The van der Waals surface area contributed by atoms with Gasteiger partial charge in [0.15, 0.2) is 0 Å². The number of hydrogen-bond donors (Lipinski definition) is 2. The Kier molecular flexibility index (Phi) is 6.10. The number of carboxylic acid groups (broad SMARTS) is 1. The third kappa shape index (κ3) is 4.65. The summed E-state index contributed by atoms with van der Waals surface area (Å²) >= 11 is 6.38. The summed E-state index contributed by atoms with van der Waals surface area (Å²) in [7, 11) is 0. The van der Waals surface area contributed by atoms with Crippen molar-refractivity contribution in [3.8, 4) is 0 Å². The van der Waals surface area contributed by atoms with E-state index in [1.165, 1.54) is 23.6 Å². The second-order valence-electron chi connectivity index (χ2n) is 5.12. The van der Waals surface area contributed by atoms with Gasteiger partial charge in [0.05, 0.1) is 4.91 Å². The fourth-order valence-electron chi connectivity index (χ4n) is 1.98. The molecular formula is C16H16N2O4S2. The van der Waals surface area contributed by atoms with E-state index in [1.54, 1.807) is 6.08 Å². The number of nitrogens with zero attached hydrogens (tertiary/aromatic N) is 1. The predicted molar refractivity (Wildman–Crippen MR) is 96.2 cm³/mol. The summed E-state index contributed by atoms with van der Waals surface area (Å²) in [6, 6.07) is 8.43. The molecule has 1 aromatic carbocycles. The zero-order valence-corrected chi connectivity index (χ0v) is 14.5. The van der Waals surface area contributed by atoms with Crippen molar-refractivity contribution in [2.45, 2.75) is 19.4 Å². The Bertz CT molecular complexity index is 703. The molecule has 1 fully saturated rings. The molecule has 2 amide bonds. The van der Waals surface area contributed by atoms with Gasteiger partial charge in [0.25, 0.3) is 5.91 Å². The van der Waals surface area contributed by atoms with Crippen molar-refractivity contribution in [2.24, 2.45) is 0 Å². The van der Waals surface area contributed by atoms with E-state index in [2.05, 4.69) is 5.32 Å². The molecular weight excluding hydrogens is 348 g/mol. The monoisotopic (exact) mass is 364 g/mol. The molecule has 1 saturated heterocycles. The van der Waals surface area contributed by atoms with Gasteiger partial charge in [-0.05, 0) is 18.6 Å². The van der Waals surface area contributed by atoms with Crippen LogP contribution in [0.1, 0.15) is 18.9 Å². The number of carbonyl (C=O) groups excluding carboxylic acids is 2. The number of rotatable bonds is 6. The third-order valence-electron chi connectivity index (χ3n) is 3.28. The van der Waals surface area contributed by atoms with Crippen LogP contribution in [0.15, 0.2) is 35.2 Å². The first-order valence-electron chi connectivity index (χ1n) is 7.21. The Balaban J connectivity index is 1.96. The smallest absolute Gasteiger partial charge is 0.325 e. The highest BCUT2D eigenvalue weighted by molar-refractivity contribution is 8.26. The lowest BCUT2D eigenvalue weighted by atomic mass is 10.2. The summed E-state index contributed by atoms with van der Waals surface area (Å²) in [5.74, 6) is -1.79. The SMILES string of the molecule is C[C@H](NC(=O)CCN1C(=O)/C(=C\c2ccccc2)SC1=S)C(=O)O. The molecule has 0 spiro atoms. The molecule has 0 saturated carbocycles. The van der Waals surface area contributed by atoms with Gasteiger partial charge < -0.3 is 10.4 Å². The molecule has 0 aromatic heterocycles. The van der Waals surface area contributed by atoms with Crippen LogP contribution in [0.4, 0.5) is 0 Å². The van der Waals surface area contributed by atoms with Gasteiger partial charge in [0.1, 0.15) is 10.4 Å². The van der Waals surface area contributed by atoms with Crippen LogP contribution in [0.3, 0.4) is 0 Å². The zero-order chi connectivity index (χ0) is 17.7. The third-order valence-corrected chi connectivity index (χ3v) is 4.66. The molecule has 1 aliphatic rings. The fourth-order valence-corrected chi connectivity index (χ4v) is 3.29. The molecule has 1 atom stereocenters.